The predicted octanol–water partition coefficient (Wildman–Crippen LogP) is 3.91. The lowest BCUT2D eigenvalue weighted by atomic mass is 9.69. The molecule has 3 fully saturated rings. The quantitative estimate of drug-likeness (QED) is 0.766. The van der Waals surface area contributed by atoms with Gasteiger partial charge in [-0.2, -0.15) is 4.31 Å². The highest BCUT2D eigenvalue weighted by atomic mass is 32.2. The van der Waals surface area contributed by atoms with Crippen LogP contribution in [0, 0.1) is 22.7 Å². The van der Waals surface area contributed by atoms with Crippen molar-refractivity contribution in [2.75, 3.05) is 13.1 Å². The van der Waals surface area contributed by atoms with Crippen molar-refractivity contribution in [3.05, 3.63) is 29.3 Å². The van der Waals surface area contributed by atoms with Crippen molar-refractivity contribution >= 4 is 15.9 Å². The highest BCUT2D eigenvalue weighted by Gasteiger charge is 2.61. The van der Waals surface area contributed by atoms with Gasteiger partial charge in [-0.15, -0.1) is 0 Å². The average molecular weight is 445 g/mol. The second-order valence-electron chi connectivity index (χ2n) is 11.1. The second-order valence-corrected chi connectivity index (χ2v) is 13.1. The molecule has 5 nitrogen and oxygen atoms in total. The van der Waals surface area contributed by atoms with Gasteiger partial charge in [-0.1, -0.05) is 26.8 Å². The summed E-state index contributed by atoms with van der Waals surface area (Å²) in [7, 11) is -3.49. The fourth-order valence-electron chi connectivity index (χ4n) is 6.93. The molecule has 1 aromatic carbocycles. The number of amides is 1. The number of nitrogens with zero attached hydrogens (tertiary/aromatic N) is 1. The molecule has 4 aliphatic rings. The lowest BCUT2D eigenvalue weighted by Crippen LogP contribution is -2.50. The van der Waals surface area contributed by atoms with Gasteiger partial charge in [0.15, 0.2) is 0 Å². The minimum Gasteiger partial charge on any atom is -0.353 e. The molecule has 0 aromatic heterocycles. The van der Waals surface area contributed by atoms with Gasteiger partial charge in [-0.25, -0.2) is 8.42 Å². The molecule has 2 saturated carbocycles. The van der Waals surface area contributed by atoms with Gasteiger partial charge in [-0.05, 0) is 91.4 Å². The Hall–Kier alpha value is -1.40. The number of carbonyl (C=O) groups is 1. The fourth-order valence-corrected chi connectivity index (χ4v) is 8.45. The molecule has 1 heterocycles. The standard InChI is InChI=1S/C25H36N2O3S/c1-24(2)20-9-12-25(24,3)22(16-20)26-23(28)18-10-13-27(14-11-18)31(29,30)21-8-7-17-5-4-6-19(17)15-21/h7-8,15,18,20,22H,4-6,9-14,16H2,1-3H3,(H,26,28). The van der Waals surface area contributed by atoms with E-state index in [0.717, 1.165) is 25.7 Å². The zero-order valence-electron chi connectivity index (χ0n) is 19.1. The number of aryl methyl sites for hydroxylation is 2. The zero-order valence-corrected chi connectivity index (χ0v) is 19.9. The maximum atomic E-state index is 13.2. The van der Waals surface area contributed by atoms with Crippen molar-refractivity contribution in [2.45, 2.75) is 83.1 Å². The van der Waals surface area contributed by atoms with E-state index in [-0.39, 0.29) is 28.7 Å². The number of piperidine rings is 1. The molecule has 0 spiro atoms. The lowest BCUT2D eigenvalue weighted by Gasteiger charge is -2.40. The molecule has 31 heavy (non-hydrogen) atoms. The highest BCUT2D eigenvalue weighted by Crippen LogP contribution is 2.65. The third-order valence-electron chi connectivity index (χ3n) is 9.64. The third-order valence-corrected chi connectivity index (χ3v) is 11.5. The molecule has 0 radical (unpaired) electrons. The Labute approximate surface area is 187 Å². The van der Waals surface area contributed by atoms with Crippen molar-refractivity contribution in [3.8, 4) is 0 Å². The van der Waals surface area contributed by atoms with Gasteiger partial charge in [0, 0.05) is 25.0 Å². The Morgan fingerprint density at radius 1 is 1.06 bits per heavy atom. The van der Waals surface area contributed by atoms with E-state index in [1.165, 1.54) is 24.0 Å². The van der Waals surface area contributed by atoms with Crippen molar-refractivity contribution < 1.29 is 13.2 Å². The number of benzene rings is 1. The lowest BCUT2D eigenvalue weighted by molar-refractivity contribution is -0.127. The summed E-state index contributed by atoms with van der Waals surface area (Å²) in [5.41, 5.74) is 2.91. The molecule has 2 bridgehead atoms. The number of nitrogens with one attached hydrogen (secondary N) is 1. The summed E-state index contributed by atoms with van der Waals surface area (Å²) in [5, 5.41) is 3.38. The number of fused-ring (bicyclic) bond motifs is 3. The average Bonchev–Trinajstić information content (AvgIpc) is 3.36. The van der Waals surface area contributed by atoms with Gasteiger partial charge in [0.05, 0.1) is 4.90 Å². The van der Waals surface area contributed by atoms with Crippen LogP contribution in [0.2, 0.25) is 0 Å². The summed E-state index contributed by atoms with van der Waals surface area (Å²) < 4.78 is 27.9. The smallest absolute Gasteiger partial charge is 0.243 e. The SMILES string of the molecule is CC1(C)C2CCC1(C)C(NC(=O)C1CCN(S(=O)(=O)c3ccc4c(c3)CCC4)CC1)C2. The van der Waals surface area contributed by atoms with Crippen LogP contribution in [0.5, 0.6) is 0 Å². The first kappa shape index (κ1) is 21.4. The maximum absolute atomic E-state index is 13.2. The Morgan fingerprint density at radius 3 is 2.42 bits per heavy atom. The van der Waals surface area contributed by atoms with E-state index in [1.807, 2.05) is 12.1 Å². The van der Waals surface area contributed by atoms with E-state index in [0.29, 0.717) is 36.7 Å². The molecule has 6 heteroatoms. The third kappa shape index (κ3) is 3.28. The van der Waals surface area contributed by atoms with E-state index in [4.69, 9.17) is 0 Å². The van der Waals surface area contributed by atoms with Crippen LogP contribution in [-0.4, -0.2) is 37.8 Å². The first-order valence-corrected chi connectivity index (χ1v) is 13.5. The number of hydrogen-bond acceptors (Lipinski definition) is 3. The summed E-state index contributed by atoms with van der Waals surface area (Å²) in [6.07, 6.45) is 7.88. The molecule has 3 atom stereocenters. The van der Waals surface area contributed by atoms with E-state index < -0.39 is 10.0 Å². The topological polar surface area (TPSA) is 66.5 Å². The van der Waals surface area contributed by atoms with E-state index in [9.17, 15) is 13.2 Å². The summed E-state index contributed by atoms with van der Waals surface area (Å²) in [5.74, 6) is 0.739. The van der Waals surface area contributed by atoms with Gasteiger partial charge in [0.2, 0.25) is 15.9 Å². The molecule has 1 N–H and O–H groups in total. The van der Waals surface area contributed by atoms with Crippen LogP contribution in [-0.2, 0) is 27.7 Å². The Balaban J connectivity index is 1.21. The van der Waals surface area contributed by atoms with Crippen molar-refractivity contribution in [2.24, 2.45) is 22.7 Å². The summed E-state index contributed by atoms with van der Waals surface area (Å²) in [6, 6.07) is 5.86. The van der Waals surface area contributed by atoms with Gasteiger partial charge in [-0.3, -0.25) is 4.79 Å². The zero-order chi connectivity index (χ0) is 22.0. The van der Waals surface area contributed by atoms with E-state index >= 15 is 0 Å². The summed E-state index contributed by atoms with van der Waals surface area (Å²) >= 11 is 0. The molecule has 1 saturated heterocycles. The van der Waals surface area contributed by atoms with Crippen LogP contribution >= 0.6 is 0 Å². The van der Waals surface area contributed by atoms with Crippen molar-refractivity contribution in [1.82, 2.24) is 9.62 Å². The maximum Gasteiger partial charge on any atom is 0.243 e. The Kier molecular flexibility index (Phi) is 5.06. The van der Waals surface area contributed by atoms with E-state index in [2.05, 4.69) is 26.1 Å². The van der Waals surface area contributed by atoms with Gasteiger partial charge in [0.1, 0.15) is 0 Å². The predicted molar refractivity (Wildman–Crippen MR) is 121 cm³/mol. The molecule has 1 aromatic rings. The number of sulfonamides is 1. The first-order chi connectivity index (χ1) is 14.6. The molecular formula is C25H36N2O3S. The minimum atomic E-state index is -3.49. The molecule has 5 rings (SSSR count). The normalized spacial score (nSPS) is 32.9. The van der Waals surface area contributed by atoms with Gasteiger partial charge >= 0.3 is 0 Å². The monoisotopic (exact) mass is 444 g/mol. The van der Waals surface area contributed by atoms with Crippen LogP contribution in [0.15, 0.2) is 23.1 Å². The number of rotatable bonds is 4. The van der Waals surface area contributed by atoms with Crippen LogP contribution in [0.1, 0.15) is 70.4 Å². The van der Waals surface area contributed by atoms with Crippen LogP contribution < -0.4 is 5.32 Å². The number of hydrogen-bond donors (Lipinski definition) is 1. The van der Waals surface area contributed by atoms with Gasteiger partial charge in [0.25, 0.3) is 0 Å². The second kappa shape index (κ2) is 7.31. The molecule has 3 aliphatic carbocycles. The van der Waals surface area contributed by atoms with Crippen molar-refractivity contribution in [3.63, 3.8) is 0 Å². The first-order valence-electron chi connectivity index (χ1n) is 12.1. The van der Waals surface area contributed by atoms with Crippen LogP contribution in [0.25, 0.3) is 0 Å². The minimum absolute atomic E-state index is 0.0858. The Bertz CT molecular complexity index is 994. The number of carbonyl (C=O) groups excluding carboxylic acids is 1. The molecule has 170 valence electrons. The molecular weight excluding hydrogens is 408 g/mol. The Morgan fingerprint density at radius 2 is 1.77 bits per heavy atom. The van der Waals surface area contributed by atoms with E-state index in [1.54, 1.807) is 10.4 Å². The summed E-state index contributed by atoms with van der Waals surface area (Å²) in [6.45, 7) is 7.91. The van der Waals surface area contributed by atoms with Crippen molar-refractivity contribution in [1.29, 1.82) is 0 Å². The molecule has 1 amide bonds. The molecule has 3 unspecified atom stereocenters. The van der Waals surface area contributed by atoms with Crippen LogP contribution in [0.4, 0.5) is 0 Å². The van der Waals surface area contributed by atoms with Crippen LogP contribution in [0.3, 0.4) is 0 Å². The largest absolute Gasteiger partial charge is 0.353 e. The molecule has 1 aliphatic heterocycles. The fraction of sp³-hybridized carbons (Fsp3) is 0.720. The van der Waals surface area contributed by atoms with Gasteiger partial charge < -0.3 is 5.32 Å². The highest BCUT2D eigenvalue weighted by molar-refractivity contribution is 7.89. The summed E-state index contributed by atoms with van der Waals surface area (Å²) in [4.78, 5) is 13.5.